The van der Waals surface area contributed by atoms with E-state index in [-0.39, 0.29) is 0 Å². The summed E-state index contributed by atoms with van der Waals surface area (Å²) < 4.78 is 0. The predicted octanol–water partition coefficient (Wildman–Crippen LogP) is 18.6. The van der Waals surface area contributed by atoms with Crippen molar-refractivity contribution >= 4 is 47.0 Å². The van der Waals surface area contributed by atoms with Crippen molar-refractivity contribution in [2.45, 2.75) is 253 Å². The molecular formula is C46H86S4. The smallest absolute Gasteiger partial charge is 0.0345 e. The molecule has 0 amide bonds. The minimum Gasteiger partial charge on any atom is -0.126 e. The van der Waals surface area contributed by atoms with Crippen molar-refractivity contribution in [3.8, 4) is 0 Å². The molecule has 0 saturated heterocycles. The molecule has 0 N–H and O–H groups in total. The Morgan fingerprint density at radius 1 is 0.280 bits per heavy atom. The molecule has 0 radical (unpaired) electrons. The molecule has 0 aliphatic rings. The highest BCUT2D eigenvalue weighted by Gasteiger charge is 2.14. The molecule has 0 unspecified atom stereocenters. The number of rotatable bonds is 40. The summed E-state index contributed by atoms with van der Waals surface area (Å²) in [5.41, 5.74) is 0. The fraction of sp³-hybridized carbons (Fsp3) is 0.870. The molecular weight excluding hydrogens is 681 g/mol. The third-order valence-corrected chi connectivity index (χ3v) is 14.8. The Kier molecular flexibility index (Phi) is 38.2. The lowest BCUT2D eigenvalue weighted by Crippen LogP contribution is -1.93. The van der Waals surface area contributed by atoms with Crippen LogP contribution in [0.5, 0.6) is 0 Å². The molecule has 0 heterocycles. The van der Waals surface area contributed by atoms with Crippen LogP contribution in [0.1, 0.15) is 233 Å². The van der Waals surface area contributed by atoms with Gasteiger partial charge in [0.25, 0.3) is 0 Å². The van der Waals surface area contributed by atoms with Crippen LogP contribution in [0.15, 0.2) is 31.7 Å². The third kappa shape index (κ3) is 30.0. The molecule has 0 saturated carbocycles. The molecule has 1 rings (SSSR count). The summed E-state index contributed by atoms with van der Waals surface area (Å²) in [7, 11) is 0. The summed E-state index contributed by atoms with van der Waals surface area (Å²) in [6.07, 6.45) is 45.2. The van der Waals surface area contributed by atoms with Crippen LogP contribution in [0.4, 0.5) is 0 Å². The van der Waals surface area contributed by atoms with E-state index in [1.54, 1.807) is 19.6 Å². The molecule has 4 heteroatoms. The molecule has 1 aromatic carbocycles. The molecule has 0 fully saturated rings. The van der Waals surface area contributed by atoms with Crippen LogP contribution in [-0.2, 0) is 0 Å². The average molecular weight is 767 g/mol. The number of thioether (sulfide) groups is 4. The minimum absolute atomic E-state index is 1.28. The fourth-order valence-electron chi connectivity index (χ4n) is 6.66. The number of unbranched alkanes of at least 4 members (excludes halogenated alkanes) is 28. The Balaban J connectivity index is 2.82. The zero-order valence-electron chi connectivity index (χ0n) is 34.2. The second-order valence-corrected chi connectivity index (χ2v) is 19.6. The molecule has 0 aliphatic heterocycles. The van der Waals surface area contributed by atoms with E-state index in [1.165, 1.54) is 228 Å². The summed E-state index contributed by atoms with van der Waals surface area (Å²) in [6.45, 7) is 9.29. The van der Waals surface area contributed by atoms with Crippen molar-refractivity contribution < 1.29 is 0 Å². The Morgan fingerprint density at radius 3 is 0.820 bits per heavy atom. The first-order chi connectivity index (χ1) is 24.8. The van der Waals surface area contributed by atoms with Gasteiger partial charge in [-0.15, -0.1) is 47.0 Å². The minimum atomic E-state index is 1.28. The van der Waals surface area contributed by atoms with Gasteiger partial charge in [-0.25, -0.2) is 0 Å². The number of benzene rings is 1. The second-order valence-electron chi connectivity index (χ2n) is 15.0. The van der Waals surface area contributed by atoms with Gasteiger partial charge in [-0.2, -0.15) is 0 Å². The molecule has 294 valence electrons. The van der Waals surface area contributed by atoms with Crippen molar-refractivity contribution in [1.29, 1.82) is 0 Å². The van der Waals surface area contributed by atoms with Gasteiger partial charge in [0.15, 0.2) is 0 Å². The lowest BCUT2D eigenvalue weighted by molar-refractivity contribution is 0.586. The maximum atomic E-state index is 2.61. The summed E-state index contributed by atoms with van der Waals surface area (Å²) in [5.74, 6) is 5.14. The SMILES string of the molecule is CCCCCCCCCCSc1cc(SCCCCCCCCCC)c(SCCCCCCCCCC)c(SCCCCCCCCCC)c1. The first-order valence-corrected chi connectivity index (χ1v) is 26.4. The molecule has 0 aliphatic carbocycles. The Morgan fingerprint density at radius 2 is 0.520 bits per heavy atom. The van der Waals surface area contributed by atoms with E-state index in [0.717, 1.165) is 0 Å². The van der Waals surface area contributed by atoms with E-state index in [2.05, 4.69) is 86.9 Å². The highest BCUT2D eigenvalue weighted by Crippen LogP contribution is 2.43. The zero-order valence-corrected chi connectivity index (χ0v) is 37.5. The molecule has 0 atom stereocenters. The van der Waals surface area contributed by atoms with E-state index in [9.17, 15) is 0 Å². The highest BCUT2D eigenvalue weighted by molar-refractivity contribution is 8.04. The first-order valence-electron chi connectivity index (χ1n) is 22.5. The lowest BCUT2D eigenvalue weighted by atomic mass is 10.1. The molecule has 1 aromatic rings. The van der Waals surface area contributed by atoms with Crippen LogP contribution in [0.25, 0.3) is 0 Å². The van der Waals surface area contributed by atoms with Gasteiger partial charge in [0.2, 0.25) is 0 Å². The quantitative estimate of drug-likeness (QED) is 0.0482. The molecule has 50 heavy (non-hydrogen) atoms. The summed E-state index contributed by atoms with van der Waals surface area (Å²) >= 11 is 8.74. The van der Waals surface area contributed by atoms with Gasteiger partial charge in [0, 0.05) is 19.6 Å². The van der Waals surface area contributed by atoms with Gasteiger partial charge >= 0.3 is 0 Å². The monoisotopic (exact) mass is 767 g/mol. The van der Waals surface area contributed by atoms with Gasteiger partial charge < -0.3 is 0 Å². The lowest BCUT2D eigenvalue weighted by Gasteiger charge is -2.17. The van der Waals surface area contributed by atoms with Crippen LogP contribution >= 0.6 is 47.0 Å². The van der Waals surface area contributed by atoms with Gasteiger partial charge in [0.1, 0.15) is 0 Å². The van der Waals surface area contributed by atoms with Crippen molar-refractivity contribution in [1.82, 2.24) is 0 Å². The van der Waals surface area contributed by atoms with E-state index in [4.69, 9.17) is 0 Å². The van der Waals surface area contributed by atoms with Crippen molar-refractivity contribution in [3.63, 3.8) is 0 Å². The number of hydrogen-bond acceptors (Lipinski definition) is 4. The fourth-order valence-corrected chi connectivity index (χ4v) is 11.6. The molecule has 0 spiro atoms. The van der Waals surface area contributed by atoms with Gasteiger partial charge in [-0.1, -0.05) is 207 Å². The van der Waals surface area contributed by atoms with Gasteiger partial charge in [-0.3, -0.25) is 0 Å². The largest absolute Gasteiger partial charge is 0.126 e. The average Bonchev–Trinajstić information content (AvgIpc) is 3.12. The normalized spacial score (nSPS) is 11.6. The Labute approximate surface area is 333 Å². The summed E-state index contributed by atoms with van der Waals surface area (Å²) in [5, 5.41) is 0. The van der Waals surface area contributed by atoms with Crippen LogP contribution < -0.4 is 0 Å². The third-order valence-electron chi connectivity index (χ3n) is 10.0. The van der Waals surface area contributed by atoms with Crippen molar-refractivity contribution in [2.24, 2.45) is 0 Å². The van der Waals surface area contributed by atoms with Crippen LogP contribution in [-0.4, -0.2) is 23.0 Å². The second kappa shape index (κ2) is 39.3. The van der Waals surface area contributed by atoms with Crippen LogP contribution in [0.3, 0.4) is 0 Å². The number of hydrogen-bond donors (Lipinski definition) is 0. The van der Waals surface area contributed by atoms with E-state index >= 15 is 0 Å². The Bertz CT molecular complexity index is 781. The van der Waals surface area contributed by atoms with Gasteiger partial charge in [-0.05, 0) is 60.8 Å². The van der Waals surface area contributed by atoms with Crippen LogP contribution in [0, 0.1) is 0 Å². The van der Waals surface area contributed by atoms with Gasteiger partial charge in [0.05, 0.1) is 0 Å². The molecule has 0 bridgehead atoms. The highest BCUT2D eigenvalue weighted by atomic mass is 32.2. The maximum absolute atomic E-state index is 2.61. The standard InChI is InChI=1S/C46H86S4/c1-5-9-13-17-21-25-29-33-37-47-43-41-44(48-38-34-30-26-22-18-14-10-6-2)46(50-40-36-32-28-24-20-16-12-8-4)45(42-43)49-39-35-31-27-23-19-15-11-7-3/h41-42H,5-40H2,1-4H3. The maximum Gasteiger partial charge on any atom is 0.0345 e. The van der Waals surface area contributed by atoms with E-state index in [0.29, 0.717) is 0 Å². The summed E-state index contributed by atoms with van der Waals surface area (Å²) in [4.78, 5) is 6.40. The predicted molar refractivity (Wildman–Crippen MR) is 240 cm³/mol. The summed E-state index contributed by atoms with van der Waals surface area (Å²) in [6, 6.07) is 5.22. The van der Waals surface area contributed by atoms with E-state index < -0.39 is 0 Å². The molecule has 0 aromatic heterocycles. The van der Waals surface area contributed by atoms with Crippen molar-refractivity contribution in [3.05, 3.63) is 12.1 Å². The van der Waals surface area contributed by atoms with Crippen molar-refractivity contribution in [2.75, 3.05) is 23.0 Å². The first kappa shape index (κ1) is 48.6. The topological polar surface area (TPSA) is 0 Å². The molecule has 0 nitrogen and oxygen atoms in total. The van der Waals surface area contributed by atoms with Crippen LogP contribution in [0.2, 0.25) is 0 Å². The zero-order chi connectivity index (χ0) is 36.0. The Hall–Kier alpha value is 0.620. The van der Waals surface area contributed by atoms with E-state index in [1.807, 2.05) is 0 Å².